The van der Waals surface area contributed by atoms with Crippen LogP contribution >= 0.6 is 23.7 Å². The highest BCUT2D eigenvalue weighted by Crippen LogP contribution is 2.15. The van der Waals surface area contributed by atoms with E-state index >= 15 is 0 Å². The van der Waals surface area contributed by atoms with Crippen LogP contribution in [0.3, 0.4) is 0 Å². The van der Waals surface area contributed by atoms with E-state index in [2.05, 4.69) is 30.6 Å². The minimum Gasteiger partial charge on any atom is -0.378 e. The van der Waals surface area contributed by atoms with E-state index < -0.39 is 0 Å². The van der Waals surface area contributed by atoms with Crippen molar-refractivity contribution in [3.63, 3.8) is 0 Å². The number of amides is 1. The van der Waals surface area contributed by atoms with E-state index in [0.717, 1.165) is 13.2 Å². The summed E-state index contributed by atoms with van der Waals surface area (Å²) >= 11 is 1.70. The second-order valence-corrected chi connectivity index (χ2v) is 6.16. The average molecular weight is 319 g/mol. The summed E-state index contributed by atoms with van der Waals surface area (Å²) < 4.78 is 5.40. The number of carbonyl (C=O) groups is 1. The molecule has 2 rings (SSSR count). The number of halogens is 1. The van der Waals surface area contributed by atoms with Gasteiger partial charge in [-0.2, -0.15) is 0 Å². The van der Waals surface area contributed by atoms with Crippen molar-refractivity contribution in [1.82, 2.24) is 10.2 Å². The molecule has 1 saturated heterocycles. The fraction of sp³-hybridized carbons (Fsp3) is 0.643. The zero-order valence-corrected chi connectivity index (χ0v) is 13.6. The van der Waals surface area contributed by atoms with Crippen LogP contribution in [-0.2, 0) is 16.1 Å². The van der Waals surface area contributed by atoms with Crippen molar-refractivity contribution >= 4 is 29.7 Å². The van der Waals surface area contributed by atoms with Crippen LogP contribution in [0.2, 0.25) is 0 Å². The Bertz CT molecular complexity index is 392. The third kappa shape index (κ3) is 5.05. The molecule has 0 saturated carbocycles. The van der Waals surface area contributed by atoms with Crippen LogP contribution in [0, 0.1) is 0 Å². The molecule has 0 spiro atoms. The Morgan fingerprint density at radius 1 is 1.60 bits per heavy atom. The third-order valence-electron chi connectivity index (χ3n) is 3.27. The first-order valence-electron chi connectivity index (χ1n) is 6.80. The fourth-order valence-electron chi connectivity index (χ4n) is 2.21. The molecule has 0 aliphatic carbocycles. The molecule has 2 heterocycles. The van der Waals surface area contributed by atoms with Gasteiger partial charge in [-0.05, 0) is 25.3 Å². The van der Waals surface area contributed by atoms with E-state index in [-0.39, 0.29) is 30.4 Å². The number of thiophene rings is 1. The first-order chi connectivity index (χ1) is 9.16. The third-order valence-corrected chi connectivity index (χ3v) is 4.13. The van der Waals surface area contributed by atoms with Gasteiger partial charge in [-0.15, -0.1) is 23.7 Å². The number of ether oxygens (including phenoxy) is 1. The SMILES string of the molecule is CC(C)N(Cc1cccs1)C(=O)CC1COCCN1.Cl. The van der Waals surface area contributed by atoms with Crippen molar-refractivity contribution in [3.8, 4) is 0 Å². The number of hydrogen-bond donors (Lipinski definition) is 1. The summed E-state index contributed by atoms with van der Waals surface area (Å²) in [5, 5.41) is 5.38. The Kier molecular flexibility index (Phi) is 7.51. The number of nitrogens with zero attached hydrogens (tertiary/aromatic N) is 1. The maximum Gasteiger partial charge on any atom is 0.224 e. The van der Waals surface area contributed by atoms with Crippen LogP contribution in [0.15, 0.2) is 17.5 Å². The molecule has 1 unspecified atom stereocenters. The largest absolute Gasteiger partial charge is 0.378 e. The monoisotopic (exact) mass is 318 g/mol. The quantitative estimate of drug-likeness (QED) is 0.905. The van der Waals surface area contributed by atoms with Gasteiger partial charge in [0.05, 0.1) is 19.8 Å². The van der Waals surface area contributed by atoms with Crippen molar-refractivity contribution in [2.24, 2.45) is 0 Å². The summed E-state index contributed by atoms with van der Waals surface area (Å²) in [5.41, 5.74) is 0. The summed E-state index contributed by atoms with van der Waals surface area (Å²) in [5.74, 6) is 0.200. The first kappa shape index (κ1) is 17.4. The van der Waals surface area contributed by atoms with Crippen LogP contribution in [0.5, 0.6) is 0 Å². The standard InChI is InChI=1S/C14H22N2O2S.ClH/c1-11(2)16(9-13-4-3-7-19-13)14(17)8-12-10-18-6-5-15-12;/h3-4,7,11-12,15H,5-6,8-10H2,1-2H3;1H. The lowest BCUT2D eigenvalue weighted by Gasteiger charge is -2.30. The van der Waals surface area contributed by atoms with Gasteiger partial charge in [0.1, 0.15) is 0 Å². The van der Waals surface area contributed by atoms with Gasteiger partial charge in [0.25, 0.3) is 0 Å². The van der Waals surface area contributed by atoms with Crippen LogP contribution in [0.25, 0.3) is 0 Å². The average Bonchev–Trinajstić information content (AvgIpc) is 2.89. The molecule has 1 atom stereocenters. The molecule has 1 aliphatic heterocycles. The first-order valence-corrected chi connectivity index (χ1v) is 7.67. The lowest BCUT2D eigenvalue weighted by molar-refractivity contribution is -0.134. The van der Waals surface area contributed by atoms with Crippen LogP contribution in [-0.4, -0.2) is 42.6 Å². The number of rotatable bonds is 5. The van der Waals surface area contributed by atoms with Gasteiger partial charge in [-0.25, -0.2) is 0 Å². The van der Waals surface area contributed by atoms with Gasteiger partial charge >= 0.3 is 0 Å². The Morgan fingerprint density at radius 3 is 2.95 bits per heavy atom. The topological polar surface area (TPSA) is 41.6 Å². The minimum absolute atomic E-state index is 0. The number of carbonyl (C=O) groups excluding carboxylic acids is 1. The van der Waals surface area contributed by atoms with Gasteiger partial charge in [0.15, 0.2) is 0 Å². The summed E-state index contributed by atoms with van der Waals surface area (Å²) in [7, 11) is 0. The van der Waals surface area contributed by atoms with Crippen LogP contribution < -0.4 is 5.32 Å². The molecule has 1 aromatic rings. The summed E-state index contributed by atoms with van der Waals surface area (Å²) in [6.45, 7) is 7.06. The molecule has 0 bridgehead atoms. The Labute approximate surface area is 130 Å². The highest BCUT2D eigenvalue weighted by atomic mass is 35.5. The zero-order valence-electron chi connectivity index (χ0n) is 12.0. The molecule has 0 aromatic carbocycles. The van der Waals surface area contributed by atoms with Gasteiger partial charge in [0.2, 0.25) is 5.91 Å². The maximum absolute atomic E-state index is 12.4. The molecule has 1 N–H and O–H groups in total. The number of morpholine rings is 1. The Balaban J connectivity index is 0.00000200. The molecule has 4 nitrogen and oxygen atoms in total. The molecule has 1 amide bonds. The second-order valence-electron chi connectivity index (χ2n) is 5.12. The minimum atomic E-state index is 0. The van der Waals surface area contributed by atoms with Gasteiger partial charge in [-0.3, -0.25) is 4.79 Å². The van der Waals surface area contributed by atoms with E-state index in [1.54, 1.807) is 11.3 Å². The zero-order chi connectivity index (χ0) is 13.7. The summed E-state index contributed by atoms with van der Waals surface area (Å²) in [4.78, 5) is 15.6. The molecule has 1 aromatic heterocycles. The maximum atomic E-state index is 12.4. The summed E-state index contributed by atoms with van der Waals surface area (Å²) in [6, 6.07) is 4.49. The van der Waals surface area contributed by atoms with Crippen molar-refractivity contribution in [2.45, 2.75) is 38.9 Å². The Hall–Kier alpha value is -0.620. The van der Waals surface area contributed by atoms with Crippen LogP contribution in [0.1, 0.15) is 25.1 Å². The normalized spacial score (nSPS) is 18.6. The highest BCUT2D eigenvalue weighted by molar-refractivity contribution is 7.09. The molecule has 1 fully saturated rings. The van der Waals surface area contributed by atoms with E-state index in [4.69, 9.17) is 4.74 Å². The second kappa shape index (κ2) is 8.62. The predicted octanol–water partition coefficient (Wildman–Crippen LogP) is 2.29. The highest BCUT2D eigenvalue weighted by Gasteiger charge is 2.23. The van der Waals surface area contributed by atoms with E-state index in [9.17, 15) is 4.79 Å². The lowest BCUT2D eigenvalue weighted by Crippen LogP contribution is -2.46. The van der Waals surface area contributed by atoms with Crippen molar-refractivity contribution in [3.05, 3.63) is 22.4 Å². The van der Waals surface area contributed by atoms with E-state index in [1.807, 2.05) is 11.0 Å². The fourth-order valence-corrected chi connectivity index (χ4v) is 2.91. The molecule has 20 heavy (non-hydrogen) atoms. The van der Waals surface area contributed by atoms with Crippen molar-refractivity contribution in [2.75, 3.05) is 19.8 Å². The number of hydrogen-bond acceptors (Lipinski definition) is 4. The van der Waals surface area contributed by atoms with Gasteiger partial charge < -0.3 is 15.0 Å². The molecular weight excluding hydrogens is 296 g/mol. The Morgan fingerprint density at radius 2 is 2.40 bits per heavy atom. The lowest BCUT2D eigenvalue weighted by atomic mass is 10.1. The smallest absolute Gasteiger partial charge is 0.224 e. The van der Waals surface area contributed by atoms with E-state index in [1.165, 1.54) is 4.88 Å². The summed E-state index contributed by atoms with van der Waals surface area (Å²) in [6.07, 6.45) is 0.517. The van der Waals surface area contributed by atoms with Crippen molar-refractivity contribution in [1.29, 1.82) is 0 Å². The molecule has 114 valence electrons. The molecule has 1 aliphatic rings. The van der Waals surface area contributed by atoms with E-state index in [0.29, 0.717) is 19.6 Å². The van der Waals surface area contributed by atoms with Crippen LogP contribution in [0.4, 0.5) is 0 Å². The molecule has 0 radical (unpaired) electrons. The predicted molar refractivity (Wildman–Crippen MR) is 84.5 cm³/mol. The van der Waals surface area contributed by atoms with Gasteiger partial charge in [0, 0.05) is 29.9 Å². The number of nitrogens with one attached hydrogen (secondary N) is 1. The van der Waals surface area contributed by atoms with Crippen molar-refractivity contribution < 1.29 is 9.53 Å². The molecular formula is C14H23ClN2O2S. The van der Waals surface area contributed by atoms with Gasteiger partial charge in [-0.1, -0.05) is 6.07 Å². The molecule has 6 heteroatoms.